The minimum absolute atomic E-state index is 0.149. The summed E-state index contributed by atoms with van der Waals surface area (Å²) in [5.74, 6) is 2.12. The molecule has 1 heterocycles. The largest absolute Gasteiger partial charge is 0.493 e. The third-order valence-corrected chi connectivity index (χ3v) is 4.01. The van der Waals surface area contributed by atoms with Crippen LogP contribution in [0.4, 0.5) is 0 Å². The number of nitrogens with one attached hydrogen (secondary N) is 1. The average Bonchev–Trinajstić information content (AvgIpc) is 2.92. The summed E-state index contributed by atoms with van der Waals surface area (Å²) < 4.78 is 5.79. The molecule has 0 saturated carbocycles. The standard InChI is InChI=1S/C18H28N2O2/c1-14(2)13-22-17-6-4-5-15(9-17)11-20-8-7-16(12-20)10-18(21)19-3/h4-6,9,14,16H,7-8,10-13H2,1-3H3,(H,19,21)/t16-/m1/s1. The summed E-state index contributed by atoms with van der Waals surface area (Å²) in [5, 5.41) is 2.71. The highest BCUT2D eigenvalue weighted by Gasteiger charge is 2.24. The van der Waals surface area contributed by atoms with Gasteiger partial charge in [-0.15, -0.1) is 0 Å². The maximum absolute atomic E-state index is 11.5. The first-order chi connectivity index (χ1) is 10.6. The van der Waals surface area contributed by atoms with Crippen molar-refractivity contribution in [2.45, 2.75) is 33.2 Å². The summed E-state index contributed by atoms with van der Waals surface area (Å²) >= 11 is 0. The van der Waals surface area contributed by atoms with Crippen LogP contribution in [0.3, 0.4) is 0 Å². The lowest BCUT2D eigenvalue weighted by Gasteiger charge is -2.17. The molecule has 1 aromatic carbocycles. The van der Waals surface area contributed by atoms with Gasteiger partial charge in [-0.3, -0.25) is 9.69 Å². The van der Waals surface area contributed by atoms with Crippen LogP contribution in [0.5, 0.6) is 5.75 Å². The van der Waals surface area contributed by atoms with Gasteiger partial charge < -0.3 is 10.1 Å². The van der Waals surface area contributed by atoms with Gasteiger partial charge in [0.05, 0.1) is 6.61 Å². The minimum atomic E-state index is 0.149. The maximum atomic E-state index is 11.5. The molecule has 0 aromatic heterocycles. The van der Waals surface area contributed by atoms with Crippen LogP contribution in [-0.4, -0.2) is 37.6 Å². The van der Waals surface area contributed by atoms with Crippen molar-refractivity contribution in [3.63, 3.8) is 0 Å². The smallest absolute Gasteiger partial charge is 0.220 e. The van der Waals surface area contributed by atoms with E-state index in [0.29, 0.717) is 18.3 Å². The molecular weight excluding hydrogens is 276 g/mol. The van der Waals surface area contributed by atoms with E-state index in [-0.39, 0.29) is 5.91 Å². The van der Waals surface area contributed by atoms with Crippen molar-refractivity contribution in [1.29, 1.82) is 0 Å². The molecule has 0 bridgehead atoms. The van der Waals surface area contributed by atoms with Crippen molar-refractivity contribution in [1.82, 2.24) is 10.2 Å². The second kappa shape index (κ2) is 8.18. The van der Waals surface area contributed by atoms with Gasteiger partial charge in [-0.1, -0.05) is 26.0 Å². The van der Waals surface area contributed by atoms with E-state index < -0.39 is 0 Å². The number of ether oxygens (including phenoxy) is 1. The van der Waals surface area contributed by atoms with Gasteiger partial charge in [-0.05, 0) is 42.5 Å². The lowest BCUT2D eigenvalue weighted by Crippen LogP contribution is -2.24. The molecule has 1 aromatic rings. The molecule has 1 aliphatic rings. The monoisotopic (exact) mass is 304 g/mol. The average molecular weight is 304 g/mol. The van der Waals surface area contributed by atoms with Crippen molar-refractivity contribution >= 4 is 5.91 Å². The summed E-state index contributed by atoms with van der Waals surface area (Å²) in [6, 6.07) is 8.36. The lowest BCUT2D eigenvalue weighted by molar-refractivity contribution is -0.121. The summed E-state index contributed by atoms with van der Waals surface area (Å²) in [5.41, 5.74) is 1.28. The quantitative estimate of drug-likeness (QED) is 0.842. The Labute approximate surface area is 133 Å². The SMILES string of the molecule is CNC(=O)C[C@H]1CCN(Cc2cccc(OCC(C)C)c2)C1. The molecule has 122 valence electrons. The van der Waals surface area contributed by atoms with Gasteiger partial charge >= 0.3 is 0 Å². The molecule has 1 fully saturated rings. The zero-order valence-corrected chi connectivity index (χ0v) is 14.0. The molecule has 4 nitrogen and oxygen atoms in total. The van der Waals surface area contributed by atoms with Crippen LogP contribution in [0.15, 0.2) is 24.3 Å². The number of carbonyl (C=O) groups excluding carboxylic acids is 1. The Hall–Kier alpha value is -1.55. The van der Waals surface area contributed by atoms with E-state index in [1.165, 1.54) is 5.56 Å². The summed E-state index contributed by atoms with van der Waals surface area (Å²) in [6.07, 6.45) is 1.75. The molecular formula is C18H28N2O2. The molecule has 0 unspecified atom stereocenters. The van der Waals surface area contributed by atoms with Gasteiger partial charge in [-0.2, -0.15) is 0 Å². The first-order valence-corrected chi connectivity index (χ1v) is 8.21. The van der Waals surface area contributed by atoms with E-state index in [9.17, 15) is 4.79 Å². The number of amides is 1. The number of hydrogen-bond acceptors (Lipinski definition) is 3. The van der Waals surface area contributed by atoms with Crippen molar-refractivity contribution in [3.8, 4) is 5.75 Å². The van der Waals surface area contributed by atoms with Gasteiger partial charge in [0.25, 0.3) is 0 Å². The first kappa shape index (κ1) is 16.8. The molecule has 1 saturated heterocycles. The van der Waals surface area contributed by atoms with Crippen LogP contribution in [-0.2, 0) is 11.3 Å². The number of carbonyl (C=O) groups is 1. The van der Waals surface area contributed by atoms with Crippen LogP contribution in [0, 0.1) is 11.8 Å². The molecule has 2 rings (SSSR count). The maximum Gasteiger partial charge on any atom is 0.220 e. The van der Waals surface area contributed by atoms with Crippen LogP contribution in [0.1, 0.15) is 32.3 Å². The summed E-state index contributed by atoms with van der Waals surface area (Å²) in [4.78, 5) is 13.9. The minimum Gasteiger partial charge on any atom is -0.493 e. The Morgan fingerprint density at radius 3 is 3.00 bits per heavy atom. The molecule has 0 aliphatic carbocycles. The van der Waals surface area contributed by atoms with Crippen molar-refractivity contribution in [3.05, 3.63) is 29.8 Å². The Morgan fingerprint density at radius 1 is 1.45 bits per heavy atom. The highest BCUT2D eigenvalue weighted by Crippen LogP contribution is 2.23. The summed E-state index contributed by atoms with van der Waals surface area (Å²) in [6.45, 7) is 8.06. The number of hydrogen-bond donors (Lipinski definition) is 1. The van der Waals surface area contributed by atoms with Gasteiger partial charge in [0.1, 0.15) is 5.75 Å². The Morgan fingerprint density at radius 2 is 2.27 bits per heavy atom. The zero-order chi connectivity index (χ0) is 15.9. The predicted molar refractivity (Wildman–Crippen MR) is 88.8 cm³/mol. The topological polar surface area (TPSA) is 41.6 Å². The fourth-order valence-electron chi connectivity index (χ4n) is 2.84. The Bertz CT molecular complexity index is 488. The van der Waals surface area contributed by atoms with Crippen molar-refractivity contribution < 1.29 is 9.53 Å². The van der Waals surface area contributed by atoms with E-state index in [1.807, 2.05) is 6.07 Å². The molecule has 1 atom stereocenters. The second-order valence-corrected chi connectivity index (χ2v) is 6.62. The van der Waals surface area contributed by atoms with Crippen LogP contribution in [0.25, 0.3) is 0 Å². The van der Waals surface area contributed by atoms with Gasteiger partial charge in [0.15, 0.2) is 0 Å². The fourth-order valence-corrected chi connectivity index (χ4v) is 2.84. The van der Waals surface area contributed by atoms with Crippen LogP contribution >= 0.6 is 0 Å². The van der Waals surface area contributed by atoms with E-state index in [1.54, 1.807) is 7.05 Å². The number of likely N-dealkylation sites (tertiary alicyclic amines) is 1. The third kappa shape index (κ3) is 5.34. The number of benzene rings is 1. The zero-order valence-electron chi connectivity index (χ0n) is 14.0. The number of rotatable bonds is 7. The Balaban J connectivity index is 1.84. The van der Waals surface area contributed by atoms with E-state index >= 15 is 0 Å². The molecule has 1 N–H and O–H groups in total. The van der Waals surface area contributed by atoms with Crippen molar-refractivity contribution in [2.75, 3.05) is 26.7 Å². The second-order valence-electron chi connectivity index (χ2n) is 6.62. The fraction of sp³-hybridized carbons (Fsp3) is 0.611. The third-order valence-electron chi connectivity index (χ3n) is 4.01. The lowest BCUT2D eigenvalue weighted by atomic mass is 10.0. The molecule has 22 heavy (non-hydrogen) atoms. The molecule has 0 radical (unpaired) electrons. The highest BCUT2D eigenvalue weighted by atomic mass is 16.5. The van der Waals surface area contributed by atoms with Gasteiger partial charge in [0, 0.05) is 26.6 Å². The van der Waals surface area contributed by atoms with Crippen LogP contribution in [0.2, 0.25) is 0 Å². The van der Waals surface area contributed by atoms with Gasteiger partial charge in [-0.25, -0.2) is 0 Å². The number of nitrogens with zero attached hydrogens (tertiary/aromatic N) is 1. The van der Waals surface area contributed by atoms with Crippen LogP contribution < -0.4 is 10.1 Å². The first-order valence-electron chi connectivity index (χ1n) is 8.21. The van der Waals surface area contributed by atoms with Crippen molar-refractivity contribution in [2.24, 2.45) is 11.8 Å². The summed E-state index contributed by atoms with van der Waals surface area (Å²) in [7, 11) is 1.71. The molecule has 4 heteroatoms. The van der Waals surface area contributed by atoms with E-state index in [4.69, 9.17) is 4.74 Å². The molecule has 1 aliphatic heterocycles. The molecule has 0 spiro atoms. The molecule has 1 amide bonds. The van der Waals surface area contributed by atoms with Gasteiger partial charge in [0.2, 0.25) is 5.91 Å². The highest BCUT2D eigenvalue weighted by molar-refractivity contribution is 5.75. The van der Waals surface area contributed by atoms with E-state index in [2.05, 4.69) is 42.3 Å². The Kier molecular flexibility index (Phi) is 6.25. The normalized spacial score (nSPS) is 18.6. The predicted octanol–water partition coefficient (Wildman–Crippen LogP) is 2.68. The van der Waals surface area contributed by atoms with E-state index in [0.717, 1.165) is 38.4 Å².